The number of hydrogen-bond acceptors (Lipinski definition) is 5. The second-order valence-electron chi connectivity index (χ2n) is 11.6. The highest BCUT2D eigenvalue weighted by molar-refractivity contribution is 7.09. The van der Waals surface area contributed by atoms with Crippen LogP contribution in [0.25, 0.3) is 0 Å². The van der Waals surface area contributed by atoms with Crippen molar-refractivity contribution in [3.05, 3.63) is 41.2 Å². The normalized spacial score (nSPS) is 30.5. The van der Waals surface area contributed by atoms with Gasteiger partial charge in [0.2, 0.25) is 5.13 Å². The number of piperidine rings is 1. The van der Waals surface area contributed by atoms with Crippen molar-refractivity contribution in [1.29, 1.82) is 0 Å². The molecule has 4 bridgehead atoms. The summed E-state index contributed by atoms with van der Waals surface area (Å²) in [5, 5.41) is 7.71. The van der Waals surface area contributed by atoms with Gasteiger partial charge in [0.05, 0.1) is 0 Å². The summed E-state index contributed by atoms with van der Waals surface area (Å²) in [5.74, 6) is 4.02. The van der Waals surface area contributed by atoms with Gasteiger partial charge in [0.1, 0.15) is 5.82 Å². The van der Waals surface area contributed by atoms with Crippen LogP contribution in [-0.4, -0.2) is 40.6 Å². The van der Waals surface area contributed by atoms with E-state index < -0.39 is 0 Å². The smallest absolute Gasteiger partial charge is 0.315 e. The number of carbonyl (C=O) groups is 1. The molecule has 4 aliphatic carbocycles. The molecule has 0 radical (unpaired) electrons. The summed E-state index contributed by atoms with van der Waals surface area (Å²) in [7, 11) is 0. The van der Waals surface area contributed by atoms with E-state index >= 15 is 0 Å². The molecule has 4 saturated carbocycles. The maximum absolute atomic E-state index is 12.8. The minimum atomic E-state index is 0.0641. The molecule has 7 rings (SSSR count). The van der Waals surface area contributed by atoms with Crippen LogP contribution in [0.1, 0.15) is 68.3 Å². The zero-order valence-corrected chi connectivity index (χ0v) is 21.1. The Bertz CT molecular complexity index is 975. The Morgan fingerprint density at radius 1 is 1.06 bits per heavy atom. The van der Waals surface area contributed by atoms with E-state index in [0.717, 1.165) is 67.6 Å². The average molecular weight is 480 g/mol. The Hall–Kier alpha value is -2.15. The van der Waals surface area contributed by atoms with Crippen LogP contribution >= 0.6 is 11.5 Å². The molecule has 182 valence electrons. The predicted molar refractivity (Wildman–Crippen MR) is 136 cm³/mol. The zero-order valence-electron chi connectivity index (χ0n) is 20.3. The lowest BCUT2D eigenvalue weighted by Crippen LogP contribution is -2.61. The second-order valence-corrected chi connectivity index (χ2v) is 12.3. The van der Waals surface area contributed by atoms with E-state index in [4.69, 9.17) is 4.98 Å². The van der Waals surface area contributed by atoms with E-state index in [0.29, 0.717) is 5.92 Å². The van der Waals surface area contributed by atoms with Crippen molar-refractivity contribution in [1.82, 2.24) is 20.0 Å². The third-order valence-corrected chi connectivity index (χ3v) is 9.61. The molecule has 5 fully saturated rings. The molecule has 1 saturated heterocycles. The highest BCUT2D eigenvalue weighted by Gasteiger charge is 2.51. The largest absolute Gasteiger partial charge is 0.347 e. The van der Waals surface area contributed by atoms with E-state index in [2.05, 4.69) is 51.1 Å². The maximum Gasteiger partial charge on any atom is 0.315 e. The number of aryl methyl sites for hydroxylation is 1. The fourth-order valence-corrected chi connectivity index (χ4v) is 8.18. The highest BCUT2D eigenvalue weighted by Crippen LogP contribution is 2.55. The summed E-state index contributed by atoms with van der Waals surface area (Å²) in [5.41, 5.74) is 2.63. The number of amides is 2. The Labute approximate surface area is 207 Å². The van der Waals surface area contributed by atoms with Crippen LogP contribution in [0.15, 0.2) is 24.3 Å². The summed E-state index contributed by atoms with van der Waals surface area (Å²) < 4.78 is 4.60. The molecular formula is C27H37N5OS. The molecule has 2 aromatic rings. The molecule has 1 aromatic carbocycles. The van der Waals surface area contributed by atoms with E-state index in [9.17, 15) is 4.79 Å². The van der Waals surface area contributed by atoms with Crippen LogP contribution in [-0.2, 0) is 6.42 Å². The number of benzene rings is 1. The fraction of sp³-hybridized carbons (Fsp3) is 0.667. The first kappa shape index (κ1) is 22.3. The summed E-state index contributed by atoms with van der Waals surface area (Å²) in [6.45, 7) is 4.86. The molecule has 2 heterocycles. The van der Waals surface area contributed by atoms with Gasteiger partial charge in [-0.25, -0.2) is 9.78 Å². The van der Waals surface area contributed by atoms with Crippen molar-refractivity contribution < 1.29 is 4.79 Å². The Morgan fingerprint density at radius 3 is 2.35 bits per heavy atom. The van der Waals surface area contributed by atoms with Crippen molar-refractivity contribution >= 4 is 22.7 Å². The van der Waals surface area contributed by atoms with Gasteiger partial charge in [-0.3, -0.25) is 0 Å². The van der Waals surface area contributed by atoms with Gasteiger partial charge < -0.3 is 15.5 Å². The molecule has 0 unspecified atom stereocenters. The van der Waals surface area contributed by atoms with Crippen LogP contribution in [0.5, 0.6) is 0 Å². The van der Waals surface area contributed by atoms with Crippen molar-refractivity contribution in [3.63, 3.8) is 0 Å². The van der Waals surface area contributed by atoms with E-state index in [1.165, 1.54) is 61.2 Å². The molecule has 0 atom stereocenters. The number of urea groups is 1. The molecule has 6 nitrogen and oxygen atoms in total. The average Bonchev–Trinajstić information content (AvgIpc) is 3.27. The number of hydrogen-bond donors (Lipinski definition) is 2. The molecule has 5 aliphatic rings. The van der Waals surface area contributed by atoms with Gasteiger partial charge in [-0.15, -0.1) is 0 Å². The topological polar surface area (TPSA) is 70.2 Å². The third-order valence-electron chi connectivity index (χ3n) is 8.79. The number of anilines is 1. The minimum absolute atomic E-state index is 0.0641. The molecule has 34 heavy (non-hydrogen) atoms. The van der Waals surface area contributed by atoms with Gasteiger partial charge in [-0.05, 0) is 87.5 Å². The van der Waals surface area contributed by atoms with E-state index in [1.54, 1.807) is 0 Å². The first-order chi connectivity index (χ1) is 16.5. The lowest BCUT2D eigenvalue weighted by Gasteiger charge is -2.56. The van der Waals surface area contributed by atoms with Crippen LogP contribution in [0.2, 0.25) is 0 Å². The van der Waals surface area contributed by atoms with Crippen molar-refractivity contribution in [2.45, 2.75) is 70.3 Å². The number of nitrogens with zero attached hydrogens (tertiary/aromatic N) is 3. The van der Waals surface area contributed by atoms with Gasteiger partial charge in [-0.1, -0.05) is 29.8 Å². The van der Waals surface area contributed by atoms with Gasteiger partial charge in [0.15, 0.2) is 0 Å². The Kier molecular flexibility index (Phi) is 6.00. The Morgan fingerprint density at radius 2 is 1.71 bits per heavy atom. The number of nitrogens with one attached hydrogen (secondary N) is 2. The summed E-state index contributed by atoms with van der Waals surface area (Å²) in [6.07, 6.45) is 10.8. The van der Waals surface area contributed by atoms with E-state index in [-0.39, 0.29) is 11.6 Å². The van der Waals surface area contributed by atoms with Gasteiger partial charge >= 0.3 is 6.03 Å². The van der Waals surface area contributed by atoms with E-state index in [1.807, 2.05) is 0 Å². The molecule has 1 aromatic heterocycles. The standard InChI is InChI=1S/C27H37N5OS/c1-18-2-4-19(5-3-18)13-24-29-26(34-31-24)32-8-6-20(7-9-32)17-28-25(33)30-27-14-21-10-22(15-27)12-23(11-21)16-27/h2-5,20-23H,6-17H2,1H3,(H2,28,30,33). The molecular weight excluding hydrogens is 442 g/mol. The van der Waals surface area contributed by atoms with Crippen molar-refractivity contribution in [3.8, 4) is 0 Å². The summed E-state index contributed by atoms with van der Waals surface area (Å²) in [4.78, 5) is 19.9. The Balaban J connectivity index is 0.951. The third kappa shape index (κ3) is 4.81. The van der Waals surface area contributed by atoms with Crippen LogP contribution in [0, 0.1) is 30.6 Å². The predicted octanol–water partition coefficient (Wildman–Crippen LogP) is 4.92. The van der Waals surface area contributed by atoms with Crippen LogP contribution in [0.4, 0.5) is 9.93 Å². The minimum Gasteiger partial charge on any atom is -0.347 e. The van der Waals surface area contributed by atoms with Crippen molar-refractivity contribution in [2.24, 2.45) is 23.7 Å². The molecule has 0 spiro atoms. The number of aromatic nitrogens is 2. The van der Waals surface area contributed by atoms with Gasteiger partial charge in [0.25, 0.3) is 0 Å². The molecule has 1 aliphatic heterocycles. The molecule has 2 N–H and O–H groups in total. The van der Waals surface area contributed by atoms with Gasteiger partial charge in [-0.2, -0.15) is 4.37 Å². The lowest BCUT2D eigenvalue weighted by atomic mass is 9.53. The zero-order chi connectivity index (χ0) is 23.1. The molecule has 2 amide bonds. The maximum atomic E-state index is 12.8. The lowest BCUT2D eigenvalue weighted by molar-refractivity contribution is -0.0135. The molecule has 7 heteroatoms. The first-order valence-electron chi connectivity index (χ1n) is 13.2. The number of rotatable bonds is 6. The fourth-order valence-electron chi connectivity index (χ4n) is 7.45. The first-order valence-corrected chi connectivity index (χ1v) is 14.0. The van der Waals surface area contributed by atoms with Crippen LogP contribution in [0.3, 0.4) is 0 Å². The second kappa shape index (κ2) is 9.14. The van der Waals surface area contributed by atoms with Gasteiger partial charge in [0, 0.05) is 43.1 Å². The quantitative estimate of drug-likeness (QED) is 0.617. The number of carbonyl (C=O) groups excluding carboxylic acids is 1. The SMILES string of the molecule is Cc1ccc(Cc2nsc(N3CCC(CNC(=O)NC45CC6CC(CC(C6)C4)C5)CC3)n2)cc1. The monoisotopic (exact) mass is 479 g/mol. The highest BCUT2D eigenvalue weighted by atomic mass is 32.1. The van der Waals surface area contributed by atoms with Crippen molar-refractivity contribution in [2.75, 3.05) is 24.5 Å². The van der Waals surface area contributed by atoms with Crippen LogP contribution < -0.4 is 15.5 Å². The summed E-state index contributed by atoms with van der Waals surface area (Å²) in [6, 6.07) is 8.67. The summed E-state index contributed by atoms with van der Waals surface area (Å²) >= 11 is 1.51.